The van der Waals surface area contributed by atoms with Gasteiger partial charge in [0.1, 0.15) is 11.6 Å². The predicted octanol–water partition coefficient (Wildman–Crippen LogP) is 4.11. The van der Waals surface area contributed by atoms with Gasteiger partial charge in [-0.2, -0.15) is 0 Å². The summed E-state index contributed by atoms with van der Waals surface area (Å²) in [5, 5.41) is 10.8. The minimum Gasteiger partial charge on any atom is -0.484 e. The molecule has 0 fully saturated rings. The van der Waals surface area contributed by atoms with Crippen LogP contribution in [-0.4, -0.2) is 46.7 Å². The van der Waals surface area contributed by atoms with Crippen molar-refractivity contribution in [3.8, 4) is 17.1 Å². The van der Waals surface area contributed by atoms with E-state index in [1.807, 2.05) is 62.4 Å². The van der Waals surface area contributed by atoms with E-state index in [0.717, 1.165) is 28.1 Å². The molecule has 0 saturated heterocycles. The van der Waals surface area contributed by atoms with E-state index in [1.165, 1.54) is 12.4 Å². The Kier molecular flexibility index (Phi) is 7.92. The molecule has 9 heteroatoms. The fourth-order valence-corrected chi connectivity index (χ4v) is 3.93. The smallest absolute Gasteiger partial charge is 0.260 e. The lowest BCUT2D eigenvalue weighted by atomic mass is 10.1. The van der Waals surface area contributed by atoms with E-state index in [4.69, 9.17) is 30.6 Å². The molecule has 2 heterocycles. The third-order valence-corrected chi connectivity index (χ3v) is 5.96. The number of nitrogens with zero attached hydrogens (tertiary/aromatic N) is 3. The monoisotopic (exact) mass is 486 g/mol. The van der Waals surface area contributed by atoms with Gasteiger partial charge in [-0.05, 0) is 43.7 Å². The van der Waals surface area contributed by atoms with Gasteiger partial charge in [0.15, 0.2) is 12.4 Å². The van der Waals surface area contributed by atoms with Crippen molar-refractivity contribution >= 4 is 29.2 Å². The first-order chi connectivity index (χ1) is 17.6. The van der Waals surface area contributed by atoms with Crippen LogP contribution in [0.3, 0.4) is 0 Å². The number of allylic oxidation sites excluding steroid dienone is 1. The Balaban J connectivity index is 1.57. The molecule has 1 aliphatic rings. The van der Waals surface area contributed by atoms with E-state index in [1.54, 1.807) is 4.90 Å². The molecular formula is C27H30N6O3. The van der Waals surface area contributed by atoms with Crippen LogP contribution in [0.1, 0.15) is 30.7 Å². The normalized spacial score (nSPS) is 12.7. The van der Waals surface area contributed by atoms with Gasteiger partial charge in [-0.1, -0.05) is 24.3 Å². The second-order valence-corrected chi connectivity index (χ2v) is 8.17. The van der Waals surface area contributed by atoms with Crippen LogP contribution in [0.5, 0.6) is 5.75 Å². The lowest BCUT2D eigenvalue weighted by Crippen LogP contribution is -2.34. The number of nitrogens with two attached hydrogens (primary N) is 1. The molecule has 2 aromatic carbocycles. The Morgan fingerprint density at radius 2 is 1.94 bits per heavy atom. The minimum atomic E-state index is -0.0523. The molecular weight excluding hydrogens is 456 g/mol. The van der Waals surface area contributed by atoms with Crippen LogP contribution in [0, 0.1) is 5.41 Å². The summed E-state index contributed by atoms with van der Waals surface area (Å²) in [6.45, 7) is 6.01. The van der Waals surface area contributed by atoms with Gasteiger partial charge in [0.05, 0.1) is 18.9 Å². The zero-order valence-electron chi connectivity index (χ0n) is 20.5. The summed E-state index contributed by atoms with van der Waals surface area (Å²) in [6.07, 6.45) is 2.63. The highest BCUT2D eigenvalue weighted by Gasteiger charge is 2.21. The molecule has 1 aliphatic heterocycles. The first-order valence-corrected chi connectivity index (χ1v) is 11.8. The molecule has 3 aromatic rings. The quantitative estimate of drug-likeness (QED) is 0.368. The number of rotatable bonds is 10. The molecule has 9 nitrogen and oxygen atoms in total. The van der Waals surface area contributed by atoms with Crippen LogP contribution in [0.15, 0.2) is 54.7 Å². The van der Waals surface area contributed by atoms with Gasteiger partial charge >= 0.3 is 0 Å². The fraction of sp³-hybridized carbons (Fsp3) is 0.259. The van der Waals surface area contributed by atoms with Crippen LogP contribution >= 0.6 is 0 Å². The Morgan fingerprint density at radius 3 is 2.64 bits per heavy atom. The van der Waals surface area contributed by atoms with Crippen LogP contribution in [0.4, 0.5) is 11.5 Å². The van der Waals surface area contributed by atoms with Crippen molar-refractivity contribution < 1.29 is 14.3 Å². The molecule has 0 spiro atoms. The Labute approximate surface area is 210 Å². The fourth-order valence-electron chi connectivity index (χ4n) is 3.93. The average Bonchev–Trinajstić information content (AvgIpc) is 3.39. The number of aromatic nitrogens is 2. The van der Waals surface area contributed by atoms with Crippen molar-refractivity contribution in [1.29, 1.82) is 5.41 Å². The lowest BCUT2D eigenvalue weighted by Gasteiger charge is -2.18. The van der Waals surface area contributed by atoms with Crippen LogP contribution in [0.2, 0.25) is 0 Å². The summed E-state index contributed by atoms with van der Waals surface area (Å²) < 4.78 is 11.4. The third kappa shape index (κ3) is 5.52. The van der Waals surface area contributed by atoms with E-state index in [0.29, 0.717) is 49.3 Å². The molecule has 36 heavy (non-hydrogen) atoms. The molecule has 1 aromatic heterocycles. The second kappa shape index (κ2) is 11.5. The number of ether oxygens (including phenoxy) is 2. The van der Waals surface area contributed by atoms with Gasteiger partial charge in [0.25, 0.3) is 5.91 Å². The average molecular weight is 487 g/mol. The van der Waals surface area contributed by atoms with Gasteiger partial charge in [-0.3, -0.25) is 4.79 Å². The maximum atomic E-state index is 12.3. The van der Waals surface area contributed by atoms with E-state index in [-0.39, 0.29) is 12.5 Å². The topological polar surface area (TPSA) is 126 Å². The highest BCUT2D eigenvalue weighted by atomic mass is 16.5. The van der Waals surface area contributed by atoms with E-state index >= 15 is 0 Å². The van der Waals surface area contributed by atoms with Crippen LogP contribution in [0.25, 0.3) is 17.0 Å². The van der Waals surface area contributed by atoms with E-state index in [2.05, 4.69) is 5.32 Å². The number of amides is 1. The van der Waals surface area contributed by atoms with Crippen molar-refractivity contribution in [3.63, 3.8) is 0 Å². The number of nitrogens with one attached hydrogen (secondary N) is 2. The van der Waals surface area contributed by atoms with Gasteiger partial charge in [-0.25, -0.2) is 9.97 Å². The summed E-state index contributed by atoms with van der Waals surface area (Å²) in [7, 11) is 0. The Morgan fingerprint density at radius 1 is 1.17 bits per heavy atom. The first kappa shape index (κ1) is 24.9. The molecule has 186 valence electrons. The summed E-state index contributed by atoms with van der Waals surface area (Å²) >= 11 is 0. The van der Waals surface area contributed by atoms with Crippen LogP contribution < -0.4 is 15.8 Å². The van der Waals surface area contributed by atoms with E-state index < -0.39 is 0 Å². The molecule has 0 saturated carbocycles. The summed E-state index contributed by atoms with van der Waals surface area (Å²) in [5.74, 6) is 1.73. The highest BCUT2D eigenvalue weighted by Crippen LogP contribution is 2.31. The molecule has 0 radical (unpaired) electrons. The van der Waals surface area contributed by atoms with Crippen molar-refractivity contribution in [2.75, 3.05) is 25.0 Å². The maximum Gasteiger partial charge on any atom is 0.260 e. The summed E-state index contributed by atoms with van der Waals surface area (Å²) in [4.78, 5) is 23.6. The predicted molar refractivity (Wildman–Crippen MR) is 140 cm³/mol. The Hall–Kier alpha value is -4.24. The number of fused-ring (bicyclic) bond motifs is 1. The van der Waals surface area contributed by atoms with Gasteiger partial charge in [0.2, 0.25) is 0 Å². The molecule has 4 N–H and O–H groups in total. The van der Waals surface area contributed by atoms with Crippen molar-refractivity contribution in [2.24, 2.45) is 5.73 Å². The van der Waals surface area contributed by atoms with Gasteiger partial charge < -0.3 is 30.8 Å². The minimum absolute atomic E-state index is 0.0220. The molecule has 0 atom stereocenters. The van der Waals surface area contributed by atoms with Crippen LogP contribution in [-0.2, 0) is 22.7 Å². The number of hydrogen-bond donors (Lipinski definition) is 3. The zero-order valence-corrected chi connectivity index (χ0v) is 20.5. The van der Waals surface area contributed by atoms with E-state index in [9.17, 15) is 4.79 Å². The van der Waals surface area contributed by atoms with Crippen molar-refractivity contribution in [2.45, 2.75) is 27.1 Å². The largest absolute Gasteiger partial charge is 0.484 e. The molecule has 0 aliphatic carbocycles. The zero-order chi connectivity index (χ0) is 25.5. The third-order valence-electron chi connectivity index (χ3n) is 5.96. The number of carbonyl (C=O) groups excluding carboxylic acids is 1. The summed E-state index contributed by atoms with van der Waals surface area (Å²) in [5.41, 5.74) is 10.5. The molecule has 0 unspecified atom stereocenters. The highest BCUT2D eigenvalue weighted by molar-refractivity contribution is 6.08. The molecule has 1 amide bonds. The maximum absolute atomic E-state index is 12.3. The second-order valence-electron chi connectivity index (χ2n) is 8.17. The SMILES string of the molecule is CCN(CC)C(=O)COc1cccc(-c2nc3c(c(Nc4ccc(/C(C=N)=C/N)cc4)n2)COC3)c1. The van der Waals surface area contributed by atoms with Gasteiger partial charge in [0, 0.05) is 47.9 Å². The lowest BCUT2D eigenvalue weighted by molar-refractivity contribution is -0.132. The standard InChI is InChI=1S/C27H30N6O3/c1-3-33(4-2)25(34)17-36-22-7-5-6-19(12-22)26-31-24-16-35-15-23(24)27(32-26)30-21-10-8-18(9-11-21)20(13-28)14-29/h5-14,28H,3-4,15-17,29H2,1-2H3,(H,30,31,32)/b20-14+,28-13?. The molecule has 0 bridgehead atoms. The van der Waals surface area contributed by atoms with Crippen molar-refractivity contribution in [1.82, 2.24) is 14.9 Å². The van der Waals surface area contributed by atoms with Crippen molar-refractivity contribution in [3.05, 3.63) is 71.6 Å². The number of likely N-dealkylation sites (N-methyl/N-ethyl adjacent to an activating group) is 1. The summed E-state index contributed by atoms with van der Waals surface area (Å²) in [6, 6.07) is 15.0. The molecule has 4 rings (SSSR count). The number of anilines is 2. The van der Waals surface area contributed by atoms with Gasteiger partial charge in [-0.15, -0.1) is 0 Å². The first-order valence-electron chi connectivity index (χ1n) is 11.8. The number of hydrogen-bond acceptors (Lipinski definition) is 8. The number of carbonyl (C=O) groups is 1. The Bertz CT molecular complexity index is 1270. The number of benzene rings is 2.